The molecule has 1 aromatic rings. The highest BCUT2D eigenvalue weighted by Crippen LogP contribution is 2.36. The van der Waals surface area contributed by atoms with Crippen LogP contribution >= 0.6 is 11.3 Å². The van der Waals surface area contributed by atoms with E-state index in [4.69, 9.17) is 5.14 Å². The third-order valence-corrected chi connectivity index (χ3v) is 7.23. The Morgan fingerprint density at radius 3 is 2.92 bits per heavy atom. The topological polar surface area (TPSA) is 117 Å². The fourth-order valence-corrected chi connectivity index (χ4v) is 5.25. The first-order valence-electron chi connectivity index (χ1n) is 8.15. The van der Waals surface area contributed by atoms with Crippen LogP contribution in [0.3, 0.4) is 0 Å². The quantitative estimate of drug-likeness (QED) is 0.503. The highest BCUT2D eigenvalue weighted by Gasteiger charge is 2.42. The van der Waals surface area contributed by atoms with Crippen molar-refractivity contribution in [2.24, 2.45) is 15.5 Å². The molecule has 4 N–H and O–H groups in total. The Bertz CT molecular complexity index is 789. The number of hydrogen-bond donors (Lipinski definition) is 3. The van der Waals surface area contributed by atoms with Gasteiger partial charge >= 0.3 is 0 Å². The number of piperidine rings is 1. The molecular weight excluding hydrogens is 362 g/mol. The second kappa shape index (κ2) is 6.93. The number of aliphatic imine (C=N–C) groups is 1. The van der Waals surface area contributed by atoms with E-state index in [1.807, 2.05) is 0 Å². The highest BCUT2D eigenvalue weighted by molar-refractivity contribution is 7.91. The van der Waals surface area contributed by atoms with Gasteiger partial charge in [0.1, 0.15) is 4.21 Å². The van der Waals surface area contributed by atoms with Crippen molar-refractivity contribution in [1.82, 2.24) is 15.5 Å². The zero-order valence-corrected chi connectivity index (χ0v) is 15.8. The number of guanidine groups is 1. The molecule has 138 valence electrons. The van der Waals surface area contributed by atoms with Crippen molar-refractivity contribution in [3.8, 4) is 0 Å². The average Bonchev–Trinajstić information content (AvgIpc) is 3.15. The van der Waals surface area contributed by atoms with Gasteiger partial charge in [-0.3, -0.25) is 9.79 Å². The summed E-state index contributed by atoms with van der Waals surface area (Å²) < 4.78 is 22.9. The maximum atomic E-state index is 11.6. The van der Waals surface area contributed by atoms with Crippen molar-refractivity contribution < 1.29 is 13.2 Å². The standard InChI is InChI=1S/C15H23N5O3S2/c1-17-14(18-8-11-3-4-13(24-11)25(16,22)23)20-6-2-5-15(10-20)7-12(21)19-9-15/h3-4H,2,5-10H2,1H3,(H,17,18)(H,19,21)(H2,16,22,23). The molecule has 3 rings (SSSR count). The van der Waals surface area contributed by atoms with Crippen LogP contribution < -0.4 is 15.8 Å². The molecule has 3 heterocycles. The monoisotopic (exact) mass is 385 g/mol. The highest BCUT2D eigenvalue weighted by atomic mass is 32.2. The minimum atomic E-state index is -3.66. The summed E-state index contributed by atoms with van der Waals surface area (Å²) in [4.78, 5) is 19.0. The van der Waals surface area contributed by atoms with Gasteiger partial charge in [0.25, 0.3) is 0 Å². The number of nitrogens with zero attached hydrogens (tertiary/aromatic N) is 2. The van der Waals surface area contributed by atoms with E-state index < -0.39 is 10.0 Å². The molecule has 1 amide bonds. The van der Waals surface area contributed by atoms with Crippen molar-refractivity contribution in [3.63, 3.8) is 0 Å². The van der Waals surface area contributed by atoms with Crippen LogP contribution in [0.4, 0.5) is 0 Å². The second-order valence-corrected chi connectivity index (χ2v) is 9.60. The average molecular weight is 386 g/mol. The third-order valence-electron chi connectivity index (χ3n) is 4.71. The number of nitrogens with two attached hydrogens (primary N) is 1. The lowest BCUT2D eigenvalue weighted by Gasteiger charge is -2.40. The molecule has 2 saturated heterocycles. The van der Waals surface area contributed by atoms with Gasteiger partial charge in [-0.25, -0.2) is 13.6 Å². The summed E-state index contributed by atoms with van der Waals surface area (Å²) in [5.74, 6) is 0.892. The number of likely N-dealkylation sites (tertiary alicyclic amines) is 1. The Morgan fingerprint density at radius 1 is 1.52 bits per heavy atom. The maximum Gasteiger partial charge on any atom is 0.247 e. The Hall–Kier alpha value is -1.65. The molecule has 0 radical (unpaired) electrons. The number of rotatable bonds is 3. The molecule has 1 atom stereocenters. The number of hydrogen-bond acceptors (Lipinski definition) is 5. The fourth-order valence-electron chi connectivity index (χ4n) is 3.53. The molecule has 25 heavy (non-hydrogen) atoms. The third kappa shape index (κ3) is 4.13. The Morgan fingerprint density at radius 2 is 2.32 bits per heavy atom. The molecule has 0 aromatic carbocycles. The minimum absolute atomic E-state index is 0.00329. The summed E-state index contributed by atoms with van der Waals surface area (Å²) in [7, 11) is -1.93. The zero-order chi connectivity index (χ0) is 18.1. The smallest absolute Gasteiger partial charge is 0.247 e. The first-order valence-corrected chi connectivity index (χ1v) is 10.5. The van der Waals surface area contributed by atoms with E-state index in [2.05, 4.69) is 20.5 Å². The molecule has 2 fully saturated rings. The molecule has 1 unspecified atom stereocenters. The number of amides is 1. The predicted molar refractivity (Wildman–Crippen MR) is 96.8 cm³/mol. The SMILES string of the molecule is CN=C(NCc1ccc(S(N)(=O)=O)s1)N1CCCC2(CNC(=O)C2)C1. The van der Waals surface area contributed by atoms with Crippen LogP contribution in [0.2, 0.25) is 0 Å². The van der Waals surface area contributed by atoms with Crippen LogP contribution in [0.5, 0.6) is 0 Å². The van der Waals surface area contributed by atoms with E-state index in [0.29, 0.717) is 13.0 Å². The van der Waals surface area contributed by atoms with Gasteiger partial charge in [0, 0.05) is 43.4 Å². The van der Waals surface area contributed by atoms with Gasteiger partial charge < -0.3 is 15.5 Å². The molecule has 8 nitrogen and oxygen atoms in total. The molecule has 0 saturated carbocycles. The van der Waals surface area contributed by atoms with E-state index in [0.717, 1.165) is 54.6 Å². The van der Waals surface area contributed by atoms with Crippen molar-refractivity contribution in [2.45, 2.75) is 30.0 Å². The molecular formula is C15H23N5O3S2. The van der Waals surface area contributed by atoms with E-state index in [1.54, 1.807) is 13.1 Å². The number of carbonyl (C=O) groups excluding carboxylic acids is 1. The summed E-state index contributed by atoms with van der Waals surface area (Å²) in [5, 5.41) is 11.4. The van der Waals surface area contributed by atoms with Crippen LogP contribution in [0.15, 0.2) is 21.3 Å². The molecule has 2 aliphatic heterocycles. The van der Waals surface area contributed by atoms with Crippen LogP contribution in [-0.2, 0) is 21.4 Å². The normalized spacial score (nSPS) is 24.6. The van der Waals surface area contributed by atoms with Gasteiger partial charge in [0.15, 0.2) is 5.96 Å². The lowest BCUT2D eigenvalue weighted by molar-refractivity contribution is -0.119. The van der Waals surface area contributed by atoms with Crippen LogP contribution in [0.1, 0.15) is 24.1 Å². The first kappa shape index (κ1) is 18.2. The van der Waals surface area contributed by atoms with Crippen molar-refractivity contribution >= 4 is 33.2 Å². The largest absolute Gasteiger partial charge is 0.355 e. The number of nitrogens with one attached hydrogen (secondary N) is 2. The molecule has 1 aromatic heterocycles. The number of primary sulfonamides is 1. The van der Waals surface area contributed by atoms with Crippen molar-refractivity contribution in [3.05, 3.63) is 17.0 Å². The molecule has 10 heteroatoms. The van der Waals surface area contributed by atoms with Gasteiger partial charge in [-0.2, -0.15) is 0 Å². The summed E-state index contributed by atoms with van der Waals surface area (Å²) in [5.41, 5.74) is -0.00329. The predicted octanol–water partition coefficient (Wildman–Crippen LogP) is 0.0730. The lowest BCUT2D eigenvalue weighted by atomic mass is 9.79. The van der Waals surface area contributed by atoms with E-state index in [-0.39, 0.29) is 15.5 Å². The first-order chi connectivity index (χ1) is 11.8. The van der Waals surface area contributed by atoms with E-state index in [9.17, 15) is 13.2 Å². The zero-order valence-electron chi connectivity index (χ0n) is 14.1. The minimum Gasteiger partial charge on any atom is -0.355 e. The Balaban J connectivity index is 1.63. The van der Waals surface area contributed by atoms with Crippen LogP contribution in [0, 0.1) is 5.41 Å². The van der Waals surface area contributed by atoms with E-state index >= 15 is 0 Å². The number of thiophene rings is 1. The Labute approximate surface area is 151 Å². The van der Waals surface area contributed by atoms with Crippen molar-refractivity contribution in [2.75, 3.05) is 26.7 Å². The van der Waals surface area contributed by atoms with Gasteiger partial charge in [-0.1, -0.05) is 0 Å². The molecule has 2 aliphatic rings. The van der Waals surface area contributed by atoms with Gasteiger partial charge in [-0.15, -0.1) is 11.3 Å². The second-order valence-electron chi connectivity index (χ2n) is 6.65. The summed E-state index contributed by atoms with van der Waals surface area (Å²) in [6, 6.07) is 3.27. The fraction of sp³-hybridized carbons (Fsp3) is 0.600. The van der Waals surface area contributed by atoms with Crippen molar-refractivity contribution in [1.29, 1.82) is 0 Å². The van der Waals surface area contributed by atoms with Gasteiger partial charge in [-0.05, 0) is 25.0 Å². The summed E-state index contributed by atoms with van der Waals surface area (Å²) in [6.45, 7) is 2.89. The van der Waals surface area contributed by atoms with E-state index in [1.165, 1.54) is 6.07 Å². The lowest BCUT2D eigenvalue weighted by Crippen LogP contribution is -2.51. The molecule has 1 spiro atoms. The summed E-state index contributed by atoms with van der Waals surface area (Å²) >= 11 is 1.15. The Kier molecular flexibility index (Phi) is 5.03. The maximum absolute atomic E-state index is 11.6. The summed E-state index contributed by atoms with van der Waals surface area (Å²) in [6.07, 6.45) is 2.63. The van der Waals surface area contributed by atoms with Gasteiger partial charge in [0.2, 0.25) is 15.9 Å². The molecule has 0 aliphatic carbocycles. The van der Waals surface area contributed by atoms with Crippen LogP contribution in [-0.4, -0.2) is 51.9 Å². The number of carbonyl (C=O) groups is 1. The van der Waals surface area contributed by atoms with Gasteiger partial charge in [0.05, 0.1) is 6.54 Å². The number of sulfonamides is 1. The van der Waals surface area contributed by atoms with Crippen LogP contribution in [0.25, 0.3) is 0 Å². The molecule has 0 bridgehead atoms.